The van der Waals surface area contributed by atoms with Gasteiger partial charge in [-0.3, -0.25) is 0 Å². The fourth-order valence-corrected chi connectivity index (χ4v) is 2.99. The molecule has 0 spiro atoms. The largest absolute Gasteiger partial charge is 0.353 e. The van der Waals surface area contributed by atoms with E-state index in [2.05, 4.69) is 48.0 Å². The molecule has 24 heavy (non-hydrogen) atoms. The number of aromatic nitrogens is 5. The summed E-state index contributed by atoms with van der Waals surface area (Å²) in [5.41, 5.74) is 7.53. The lowest BCUT2D eigenvalue weighted by atomic mass is 9.99. The summed E-state index contributed by atoms with van der Waals surface area (Å²) in [5, 5.41) is 4.58. The predicted molar refractivity (Wildman–Crippen MR) is 93.5 cm³/mol. The Hall–Kier alpha value is -2.95. The summed E-state index contributed by atoms with van der Waals surface area (Å²) in [6.07, 6.45) is 0. The Morgan fingerprint density at radius 3 is 2.21 bits per heavy atom. The standard InChI is InChI=1S/C19H18N5/c1-11-9-12(2)13(3)14(10-11)19-22-17-18(23-24(19)4)21-16-8-6-5-7-15(16)20-17/h5-10H,1-4H3/q+1. The van der Waals surface area contributed by atoms with Crippen molar-refractivity contribution >= 4 is 22.3 Å². The molecule has 0 atom stereocenters. The zero-order valence-electron chi connectivity index (χ0n) is 14.2. The number of nitrogens with zero attached hydrogens (tertiary/aromatic N) is 5. The molecule has 0 radical (unpaired) electrons. The molecule has 2 heterocycles. The van der Waals surface area contributed by atoms with Gasteiger partial charge in [0.25, 0.3) is 5.65 Å². The Labute approximate surface area is 140 Å². The number of hydrogen-bond acceptors (Lipinski definition) is 4. The van der Waals surface area contributed by atoms with E-state index in [9.17, 15) is 0 Å². The van der Waals surface area contributed by atoms with E-state index >= 15 is 0 Å². The summed E-state index contributed by atoms with van der Waals surface area (Å²) >= 11 is 0. The molecule has 4 rings (SSSR count). The second-order valence-corrected chi connectivity index (χ2v) is 6.17. The quantitative estimate of drug-likeness (QED) is 0.400. The molecule has 0 aliphatic heterocycles. The maximum atomic E-state index is 4.77. The van der Waals surface area contributed by atoms with Crippen molar-refractivity contribution in [2.24, 2.45) is 7.05 Å². The SMILES string of the molecule is Cc1cc(C)c(C)c(-c2nc3nc4ccccc4nc3n[n+]2C)c1. The molecule has 0 unspecified atom stereocenters. The van der Waals surface area contributed by atoms with Gasteiger partial charge in [-0.2, -0.15) is 0 Å². The van der Waals surface area contributed by atoms with Crippen molar-refractivity contribution in [2.75, 3.05) is 0 Å². The highest BCUT2D eigenvalue weighted by Crippen LogP contribution is 2.24. The first-order valence-corrected chi connectivity index (χ1v) is 7.92. The van der Waals surface area contributed by atoms with Crippen LogP contribution in [-0.4, -0.2) is 20.1 Å². The first-order valence-electron chi connectivity index (χ1n) is 7.92. The molecule has 0 saturated carbocycles. The van der Waals surface area contributed by atoms with Crippen molar-refractivity contribution in [3.8, 4) is 11.4 Å². The molecule has 0 N–H and O–H groups in total. The molecule has 5 heteroatoms. The van der Waals surface area contributed by atoms with E-state index in [1.165, 1.54) is 16.7 Å². The van der Waals surface area contributed by atoms with E-state index in [0.717, 1.165) is 22.4 Å². The molecule has 0 amide bonds. The Morgan fingerprint density at radius 1 is 0.833 bits per heavy atom. The van der Waals surface area contributed by atoms with Crippen LogP contribution in [0.25, 0.3) is 33.7 Å². The lowest BCUT2D eigenvalue weighted by Gasteiger charge is -2.07. The molecule has 0 saturated heterocycles. The third kappa shape index (κ3) is 2.29. The number of rotatable bonds is 1. The number of benzene rings is 2. The average molecular weight is 316 g/mol. The van der Waals surface area contributed by atoms with Gasteiger partial charge in [-0.15, -0.1) is 4.68 Å². The molecule has 118 valence electrons. The van der Waals surface area contributed by atoms with Crippen molar-refractivity contribution in [2.45, 2.75) is 20.8 Å². The summed E-state index contributed by atoms with van der Waals surface area (Å²) in [6, 6.07) is 12.1. The smallest absolute Gasteiger partial charge is 0.218 e. The van der Waals surface area contributed by atoms with Crippen LogP contribution in [0.5, 0.6) is 0 Å². The van der Waals surface area contributed by atoms with Gasteiger partial charge in [0.15, 0.2) is 0 Å². The van der Waals surface area contributed by atoms with Crippen molar-refractivity contribution in [1.29, 1.82) is 0 Å². The second-order valence-electron chi connectivity index (χ2n) is 6.17. The third-order valence-corrected chi connectivity index (χ3v) is 4.35. The first kappa shape index (κ1) is 14.6. The van der Waals surface area contributed by atoms with Gasteiger partial charge in [-0.05, 0) is 60.6 Å². The van der Waals surface area contributed by atoms with Crippen LogP contribution in [0.15, 0.2) is 36.4 Å². The highest BCUT2D eigenvalue weighted by Gasteiger charge is 2.21. The fraction of sp³-hybridized carbons (Fsp3) is 0.211. The van der Waals surface area contributed by atoms with Crippen LogP contribution in [0.3, 0.4) is 0 Å². The van der Waals surface area contributed by atoms with Gasteiger partial charge >= 0.3 is 11.5 Å². The van der Waals surface area contributed by atoms with Crippen LogP contribution in [0.1, 0.15) is 16.7 Å². The Balaban J connectivity index is 2.03. The molecule has 2 aromatic carbocycles. The molecule has 0 bridgehead atoms. The minimum atomic E-state index is 0.557. The Morgan fingerprint density at radius 2 is 1.50 bits per heavy atom. The molecule has 0 aliphatic carbocycles. The average Bonchev–Trinajstić information content (AvgIpc) is 2.56. The van der Waals surface area contributed by atoms with Crippen molar-refractivity contribution in [3.63, 3.8) is 0 Å². The van der Waals surface area contributed by atoms with Crippen molar-refractivity contribution in [3.05, 3.63) is 53.1 Å². The van der Waals surface area contributed by atoms with E-state index in [0.29, 0.717) is 11.3 Å². The van der Waals surface area contributed by atoms with E-state index in [4.69, 9.17) is 4.98 Å². The van der Waals surface area contributed by atoms with Crippen LogP contribution >= 0.6 is 0 Å². The van der Waals surface area contributed by atoms with E-state index in [-0.39, 0.29) is 0 Å². The molecule has 0 aliphatic rings. The van der Waals surface area contributed by atoms with Crippen LogP contribution in [0.2, 0.25) is 0 Å². The van der Waals surface area contributed by atoms with Crippen LogP contribution in [0, 0.1) is 20.8 Å². The van der Waals surface area contributed by atoms with Crippen LogP contribution in [-0.2, 0) is 7.05 Å². The topological polar surface area (TPSA) is 55.4 Å². The number of aryl methyl sites for hydroxylation is 3. The monoisotopic (exact) mass is 316 g/mol. The van der Waals surface area contributed by atoms with Crippen LogP contribution < -0.4 is 4.68 Å². The normalized spacial score (nSPS) is 11.3. The zero-order valence-corrected chi connectivity index (χ0v) is 14.2. The molecule has 2 aromatic heterocycles. The van der Waals surface area contributed by atoms with Gasteiger partial charge in [-0.1, -0.05) is 23.3 Å². The molecule has 0 fully saturated rings. The highest BCUT2D eigenvalue weighted by molar-refractivity contribution is 5.82. The van der Waals surface area contributed by atoms with Gasteiger partial charge in [0.2, 0.25) is 0 Å². The molecular weight excluding hydrogens is 298 g/mol. The second kappa shape index (κ2) is 5.30. The van der Waals surface area contributed by atoms with E-state index in [1.807, 2.05) is 31.3 Å². The van der Waals surface area contributed by atoms with E-state index in [1.54, 1.807) is 4.68 Å². The van der Waals surface area contributed by atoms with Crippen LogP contribution in [0.4, 0.5) is 0 Å². The minimum absolute atomic E-state index is 0.557. The number of hydrogen-bond donors (Lipinski definition) is 0. The molecular formula is C19H18N5+. The lowest BCUT2D eigenvalue weighted by Crippen LogP contribution is -2.37. The van der Waals surface area contributed by atoms with Gasteiger partial charge in [-0.25, -0.2) is 9.97 Å². The maximum absolute atomic E-state index is 4.77. The Bertz CT molecular complexity index is 1100. The van der Waals surface area contributed by atoms with Gasteiger partial charge < -0.3 is 0 Å². The lowest BCUT2D eigenvalue weighted by molar-refractivity contribution is -0.720. The minimum Gasteiger partial charge on any atom is -0.218 e. The highest BCUT2D eigenvalue weighted by atomic mass is 15.3. The third-order valence-electron chi connectivity index (χ3n) is 4.35. The summed E-state index contributed by atoms with van der Waals surface area (Å²) in [6.45, 7) is 6.33. The first-order chi connectivity index (χ1) is 11.5. The van der Waals surface area contributed by atoms with Crippen molar-refractivity contribution in [1.82, 2.24) is 20.1 Å². The summed E-state index contributed by atoms with van der Waals surface area (Å²) in [5.74, 6) is 0.802. The molecule has 4 aromatic rings. The zero-order chi connectivity index (χ0) is 16.8. The van der Waals surface area contributed by atoms with Gasteiger partial charge in [0.05, 0.1) is 16.6 Å². The number of fused-ring (bicyclic) bond motifs is 2. The summed E-state index contributed by atoms with van der Waals surface area (Å²) in [7, 11) is 1.90. The van der Waals surface area contributed by atoms with E-state index < -0.39 is 0 Å². The number of para-hydroxylation sites is 2. The van der Waals surface area contributed by atoms with Gasteiger partial charge in [0.1, 0.15) is 7.05 Å². The van der Waals surface area contributed by atoms with Crippen molar-refractivity contribution < 1.29 is 4.68 Å². The summed E-state index contributed by atoms with van der Waals surface area (Å²) in [4.78, 5) is 14.0. The predicted octanol–water partition coefficient (Wildman–Crippen LogP) is 2.99. The maximum Gasteiger partial charge on any atom is 0.353 e. The summed E-state index contributed by atoms with van der Waals surface area (Å²) < 4.78 is 1.78. The Kier molecular flexibility index (Phi) is 3.23. The fourth-order valence-electron chi connectivity index (χ4n) is 2.99. The van der Waals surface area contributed by atoms with Gasteiger partial charge in [0, 0.05) is 0 Å². The molecule has 5 nitrogen and oxygen atoms in total.